The Bertz CT molecular complexity index is 234. The third-order valence-corrected chi connectivity index (χ3v) is 4.85. The maximum absolute atomic E-state index is 5.70. The Balaban J connectivity index is 1.75. The fraction of sp³-hybridized carbons (Fsp3) is 1.00. The zero-order chi connectivity index (χ0) is 12.3. The van der Waals surface area contributed by atoms with Gasteiger partial charge < -0.3 is 4.74 Å². The molecule has 5 atom stereocenters. The van der Waals surface area contributed by atoms with Gasteiger partial charge in [0.1, 0.15) is 0 Å². The van der Waals surface area contributed by atoms with Crippen molar-refractivity contribution in [1.82, 2.24) is 5.43 Å². The molecule has 0 heterocycles. The van der Waals surface area contributed by atoms with Gasteiger partial charge in [0.05, 0.1) is 0 Å². The molecular weight excluding hydrogens is 212 g/mol. The number of hydrogen-bond donors (Lipinski definition) is 2. The molecule has 2 aliphatic carbocycles. The molecule has 2 rings (SSSR count). The summed E-state index contributed by atoms with van der Waals surface area (Å²) >= 11 is 0. The van der Waals surface area contributed by atoms with Crippen LogP contribution in [-0.4, -0.2) is 19.8 Å². The van der Waals surface area contributed by atoms with Gasteiger partial charge in [-0.3, -0.25) is 11.3 Å². The van der Waals surface area contributed by atoms with E-state index in [1.54, 1.807) is 7.11 Å². The van der Waals surface area contributed by atoms with Crippen LogP contribution in [0.2, 0.25) is 0 Å². The maximum atomic E-state index is 5.70. The second kappa shape index (κ2) is 6.17. The number of ether oxygens (including phenoxy) is 1. The van der Waals surface area contributed by atoms with Gasteiger partial charge >= 0.3 is 0 Å². The lowest BCUT2D eigenvalue weighted by atomic mass is 9.82. The van der Waals surface area contributed by atoms with E-state index in [2.05, 4.69) is 12.3 Å². The molecule has 3 N–H and O–H groups in total. The highest BCUT2D eigenvalue weighted by Crippen LogP contribution is 2.50. The van der Waals surface area contributed by atoms with Crippen molar-refractivity contribution in [2.24, 2.45) is 29.5 Å². The highest BCUT2D eigenvalue weighted by Gasteiger charge is 2.40. The predicted molar refractivity (Wildman–Crippen MR) is 70.3 cm³/mol. The molecule has 2 bridgehead atoms. The van der Waals surface area contributed by atoms with E-state index in [4.69, 9.17) is 10.6 Å². The van der Waals surface area contributed by atoms with Crippen LogP contribution in [0.15, 0.2) is 0 Å². The zero-order valence-corrected chi connectivity index (χ0v) is 11.3. The molecule has 0 aromatic heterocycles. The molecule has 2 saturated carbocycles. The van der Waals surface area contributed by atoms with Gasteiger partial charge in [-0.1, -0.05) is 13.3 Å². The first-order chi connectivity index (χ1) is 8.22. The molecule has 0 saturated heterocycles. The van der Waals surface area contributed by atoms with Crippen LogP contribution in [-0.2, 0) is 4.74 Å². The molecule has 2 fully saturated rings. The summed E-state index contributed by atoms with van der Waals surface area (Å²) in [5.74, 6) is 9.28. The normalized spacial score (nSPS) is 35.1. The van der Waals surface area contributed by atoms with Crippen molar-refractivity contribution in [1.29, 1.82) is 0 Å². The van der Waals surface area contributed by atoms with Crippen molar-refractivity contribution < 1.29 is 4.74 Å². The molecule has 2 aliphatic rings. The molecule has 0 radical (unpaired) electrons. The van der Waals surface area contributed by atoms with Crippen LogP contribution in [0, 0.1) is 23.7 Å². The van der Waals surface area contributed by atoms with Gasteiger partial charge in [0.25, 0.3) is 0 Å². The summed E-state index contributed by atoms with van der Waals surface area (Å²) in [6.07, 6.45) is 8.32. The molecule has 0 amide bonds. The van der Waals surface area contributed by atoms with Gasteiger partial charge in [-0.05, 0) is 55.8 Å². The van der Waals surface area contributed by atoms with Crippen molar-refractivity contribution >= 4 is 0 Å². The van der Waals surface area contributed by atoms with Crippen LogP contribution < -0.4 is 11.3 Å². The van der Waals surface area contributed by atoms with E-state index in [0.717, 1.165) is 30.8 Å². The van der Waals surface area contributed by atoms with Gasteiger partial charge in [0, 0.05) is 19.8 Å². The second-order valence-electron chi connectivity index (χ2n) is 6.33. The molecule has 5 unspecified atom stereocenters. The van der Waals surface area contributed by atoms with Gasteiger partial charge in [-0.2, -0.15) is 0 Å². The number of rotatable bonds is 7. The summed E-state index contributed by atoms with van der Waals surface area (Å²) in [4.78, 5) is 0. The molecule has 0 aliphatic heterocycles. The van der Waals surface area contributed by atoms with Crippen LogP contribution >= 0.6 is 0 Å². The van der Waals surface area contributed by atoms with Gasteiger partial charge in [0.2, 0.25) is 0 Å². The first-order valence-corrected chi connectivity index (χ1v) is 7.18. The highest BCUT2D eigenvalue weighted by molar-refractivity contribution is 4.91. The maximum Gasteiger partial charge on any atom is 0.0488 e. The fourth-order valence-corrected chi connectivity index (χ4v) is 4.10. The Morgan fingerprint density at radius 3 is 2.71 bits per heavy atom. The Labute approximate surface area is 105 Å². The van der Waals surface area contributed by atoms with E-state index >= 15 is 0 Å². The number of methoxy groups -OCH3 is 1. The topological polar surface area (TPSA) is 47.3 Å². The lowest BCUT2D eigenvalue weighted by molar-refractivity contribution is 0.144. The number of hydrogen-bond acceptors (Lipinski definition) is 3. The van der Waals surface area contributed by atoms with E-state index in [1.807, 2.05) is 0 Å². The van der Waals surface area contributed by atoms with Crippen LogP contribution in [0.5, 0.6) is 0 Å². The van der Waals surface area contributed by atoms with Crippen molar-refractivity contribution in [2.45, 2.75) is 51.5 Å². The van der Waals surface area contributed by atoms with Crippen LogP contribution in [0.1, 0.15) is 45.4 Å². The van der Waals surface area contributed by atoms with Crippen molar-refractivity contribution in [3.05, 3.63) is 0 Å². The van der Waals surface area contributed by atoms with E-state index in [-0.39, 0.29) is 0 Å². The number of fused-ring (bicyclic) bond motifs is 2. The average molecular weight is 240 g/mol. The van der Waals surface area contributed by atoms with Crippen LogP contribution in [0.3, 0.4) is 0 Å². The summed E-state index contributed by atoms with van der Waals surface area (Å²) in [5.41, 5.74) is 3.02. The third-order valence-electron chi connectivity index (χ3n) is 4.85. The van der Waals surface area contributed by atoms with Crippen LogP contribution in [0.25, 0.3) is 0 Å². The number of nitrogens with one attached hydrogen (secondary N) is 1. The summed E-state index contributed by atoms with van der Waals surface area (Å²) in [7, 11) is 1.78. The van der Waals surface area contributed by atoms with Crippen molar-refractivity contribution in [2.75, 3.05) is 13.7 Å². The van der Waals surface area contributed by atoms with E-state index < -0.39 is 0 Å². The van der Waals surface area contributed by atoms with Gasteiger partial charge in [-0.15, -0.1) is 0 Å². The molecule has 3 nitrogen and oxygen atoms in total. The van der Waals surface area contributed by atoms with Gasteiger partial charge in [-0.25, -0.2) is 0 Å². The molecule has 0 aromatic rings. The lowest BCUT2D eigenvalue weighted by Gasteiger charge is -2.27. The smallest absolute Gasteiger partial charge is 0.0488 e. The monoisotopic (exact) mass is 240 g/mol. The first kappa shape index (κ1) is 13.3. The van der Waals surface area contributed by atoms with E-state index in [1.165, 1.54) is 32.1 Å². The fourth-order valence-electron chi connectivity index (χ4n) is 4.10. The number of nitrogens with two attached hydrogens (primary N) is 1. The minimum absolute atomic E-state index is 0.476. The minimum atomic E-state index is 0.476. The van der Waals surface area contributed by atoms with E-state index in [9.17, 15) is 0 Å². The Morgan fingerprint density at radius 2 is 2.18 bits per heavy atom. The molecule has 17 heavy (non-hydrogen) atoms. The van der Waals surface area contributed by atoms with Crippen molar-refractivity contribution in [3.8, 4) is 0 Å². The molecule has 3 heteroatoms. The van der Waals surface area contributed by atoms with E-state index in [0.29, 0.717) is 12.0 Å². The average Bonchev–Trinajstić information content (AvgIpc) is 2.90. The zero-order valence-electron chi connectivity index (χ0n) is 11.3. The van der Waals surface area contributed by atoms with Gasteiger partial charge in [0.15, 0.2) is 0 Å². The molecule has 0 spiro atoms. The SMILES string of the molecule is COCC(C)CC(CC1CC2CCC1C2)NN. The third kappa shape index (κ3) is 3.43. The van der Waals surface area contributed by atoms with Crippen molar-refractivity contribution in [3.63, 3.8) is 0 Å². The summed E-state index contributed by atoms with van der Waals surface area (Å²) in [5, 5.41) is 0. The van der Waals surface area contributed by atoms with Crippen LogP contribution in [0.4, 0.5) is 0 Å². The Kier molecular flexibility index (Phi) is 4.83. The predicted octanol–water partition coefficient (Wildman–Crippen LogP) is 2.32. The lowest BCUT2D eigenvalue weighted by Crippen LogP contribution is -2.39. The largest absolute Gasteiger partial charge is 0.384 e. The highest BCUT2D eigenvalue weighted by atomic mass is 16.5. The molecule has 100 valence electrons. The Hall–Kier alpha value is -0.120. The second-order valence-corrected chi connectivity index (χ2v) is 6.33. The first-order valence-electron chi connectivity index (χ1n) is 7.18. The standard InChI is InChI=1S/C14H28N2O/c1-10(9-17-2)5-14(16-15)8-13-7-11-3-4-12(13)6-11/h10-14,16H,3-9,15H2,1-2H3. The Morgan fingerprint density at radius 1 is 1.35 bits per heavy atom. The minimum Gasteiger partial charge on any atom is -0.384 e. The molecule has 0 aromatic carbocycles. The molecular formula is C14H28N2O. The summed E-state index contributed by atoms with van der Waals surface area (Å²) in [6, 6.07) is 0.476. The number of hydrazine groups is 1. The summed E-state index contributed by atoms with van der Waals surface area (Å²) in [6.45, 7) is 3.09. The summed E-state index contributed by atoms with van der Waals surface area (Å²) < 4.78 is 5.20. The quantitative estimate of drug-likeness (QED) is 0.530.